The number of amides is 1. The highest BCUT2D eigenvalue weighted by molar-refractivity contribution is 6.18. The van der Waals surface area contributed by atoms with Crippen molar-refractivity contribution in [3.05, 3.63) is 34.9 Å². The van der Waals surface area contributed by atoms with Gasteiger partial charge in [0.25, 0.3) is 0 Å². The van der Waals surface area contributed by atoms with Crippen molar-refractivity contribution >= 4 is 17.5 Å². The van der Waals surface area contributed by atoms with Crippen molar-refractivity contribution in [2.45, 2.75) is 39.7 Å². The summed E-state index contributed by atoms with van der Waals surface area (Å²) in [5, 5.41) is 2.94. The normalized spacial score (nSPS) is 12.2. The van der Waals surface area contributed by atoms with Crippen LogP contribution in [-0.2, 0) is 11.2 Å². The minimum atomic E-state index is 0.0474. The Kier molecular flexibility index (Phi) is 5.49. The van der Waals surface area contributed by atoms with Gasteiger partial charge >= 0.3 is 0 Å². The first-order chi connectivity index (χ1) is 8.06. The SMILES string of the molecule is CCC(CCl)NC(=O)Cc1cc(C)ccc1C. The van der Waals surface area contributed by atoms with E-state index in [4.69, 9.17) is 11.6 Å². The van der Waals surface area contributed by atoms with E-state index in [9.17, 15) is 4.79 Å². The molecular weight excluding hydrogens is 234 g/mol. The molecule has 1 unspecified atom stereocenters. The van der Waals surface area contributed by atoms with Crippen LogP contribution in [0.4, 0.5) is 0 Å². The molecule has 0 spiro atoms. The van der Waals surface area contributed by atoms with Gasteiger partial charge in [0.15, 0.2) is 0 Å². The van der Waals surface area contributed by atoms with E-state index in [0.717, 1.165) is 17.5 Å². The molecule has 0 aliphatic rings. The van der Waals surface area contributed by atoms with Crippen molar-refractivity contribution in [1.82, 2.24) is 5.32 Å². The summed E-state index contributed by atoms with van der Waals surface area (Å²) in [6.45, 7) is 6.08. The number of carbonyl (C=O) groups excluding carboxylic acids is 1. The summed E-state index contributed by atoms with van der Waals surface area (Å²) in [5.74, 6) is 0.515. The quantitative estimate of drug-likeness (QED) is 0.804. The van der Waals surface area contributed by atoms with E-state index in [-0.39, 0.29) is 11.9 Å². The molecule has 1 N–H and O–H groups in total. The average Bonchev–Trinajstić information content (AvgIpc) is 2.31. The Bertz CT molecular complexity index is 386. The lowest BCUT2D eigenvalue weighted by atomic mass is 10.0. The fourth-order valence-electron chi connectivity index (χ4n) is 1.69. The van der Waals surface area contributed by atoms with Crippen LogP contribution in [0.15, 0.2) is 18.2 Å². The van der Waals surface area contributed by atoms with Crippen LogP contribution in [0, 0.1) is 13.8 Å². The molecule has 0 fully saturated rings. The molecular formula is C14H20ClNO. The molecule has 3 heteroatoms. The molecule has 0 saturated heterocycles. The summed E-state index contributed by atoms with van der Waals surface area (Å²) in [7, 11) is 0. The third-order valence-corrected chi connectivity index (χ3v) is 3.27. The Labute approximate surface area is 108 Å². The zero-order valence-corrected chi connectivity index (χ0v) is 11.5. The number of alkyl halides is 1. The molecule has 0 aliphatic heterocycles. The number of benzene rings is 1. The molecule has 1 rings (SSSR count). The molecule has 0 radical (unpaired) electrons. The van der Waals surface area contributed by atoms with Crippen molar-refractivity contribution in [2.75, 3.05) is 5.88 Å². The van der Waals surface area contributed by atoms with Gasteiger partial charge in [0, 0.05) is 11.9 Å². The first-order valence-electron chi connectivity index (χ1n) is 5.98. The molecule has 1 atom stereocenters. The van der Waals surface area contributed by atoms with Gasteiger partial charge in [0.05, 0.1) is 6.42 Å². The summed E-state index contributed by atoms with van der Waals surface area (Å²) in [4.78, 5) is 11.8. The second-order valence-corrected chi connectivity index (χ2v) is 4.74. The average molecular weight is 254 g/mol. The highest BCUT2D eigenvalue weighted by Crippen LogP contribution is 2.11. The zero-order chi connectivity index (χ0) is 12.8. The predicted molar refractivity (Wildman–Crippen MR) is 72.6 cm³/mol. The number of rotatable bonds is 5. The minimum Gasteiger partial charge on any atom is -0.352 e. The lowest BCUT2D eigenvalue weighted by Crippen LogP contribution is -2.36. The van der Waals surface area contributed by atoms with Crippen molar-refractivity contribution < 1.29 is 4.79 Å². The monoisotopic (exact) mass is 253 g/mol. The number of hydrogen-bond donors (Lipinski definition) is 1. The number of carbonyl (C=O) groups is 1. The van der Waals surface area contributed by atoms with E-state index in [1.54, 1.807) is 0 Å². The topological polar surface area (TPSA) is 29.1 Å². The second-order valence-electron chi connectivity index (χ2n) is 4.43. The minimum absolute atomic E-state index is 0.0474. The van der Waals surface area contributed by atoms with Crippen LogP contribution in [-0.4, -0.2) is 17.8 Å². The molecule has 0 aliphatic carbocycles. The van der Waals surface area contributed by atoms with Crippen LogP contribution >= 0.6 is 11.6 Å². The Morgan fingerprint density at radius 3 is 2.71 bits per heavy atom. The molecule has 0 bridgehead atoms. The molecule has 1 aromatic carbocycles. The molecule has 94 valence electrons. The number of nitrogens with one attached hydrogen (secondary N) is 1. The predicted octanol–water partition coefficient (Wildman–Crippen LogP) is 2.98. The molecule has 0 heterocycles. The van der Waals surface area contributed by atoms with Crippen molar-refractivity contribution in [3.63, 3.8) is 0 Å². The van der Waals surface area contributed by atoms with Gasteiger partial charge in [-0.1, -0.05) is 30.7 Å². The van der Waals surface area contributed by atoms with E-state index < -0.39 is 0 Å². The number of halogens is 1. The zero-order valence-electron chi connectivity index (χ0n) is 10.7. The van der Waals surface area contributed by atoms with Crippen LogP contribution in [0.1, 0.15) is 30.0 Å². The van der Waals surface area contributed by atoms with Gasteiger partial charge in [0.1, 0.15) is 0 Å². The summed E-state index contributed by atoms with van der Waals surface area (Å²) in [6, 6.07) is 6.26. The Balaban J connectivity index is 2.64. The molecule has 1 amide bonds. The van der Waals surface area contributed by atoms with E-state index >= 15 is 0 Å². The van der Waals surface area contributed by atoms with Crippen molar-refractivity contribution in [1.29, 1.82) is 0 Å². The Hall–Kier alpha value is -1.02. The second kappa shape index (κ2) is 6.65. The summed E-state index contributed by atoms with van der Waals surface area (Å²) < 4.78 is 0. The van der Waals surface area contributed by atoms with Crippen LogP contribution in [0.3, 0.4) is 0 Å². The molecule has 2 nitrogen and oxygen atoms in total. The number of hydrogen-bond acceptors (Lipinski definition) is 1. The van der Waals surface area contributed by atoms with E-state index in [1.165, 1.54) is 5.56 Å². The summed E-state index contributed by atoms with van der Waals surface area (Å²) in [6.07, 6.45) is 1.29. The van der Waals surface area contributed by atoms with Crippen molar-refractivity contribution in [2.24, 2.45) is 0 Å². The van der Waals surface area contributed by atoms with Gasteiger partial charge in [0.2, 0.25) is 5.91 Å². The standard InChI is InChI=1S/C14H20ClNO/c1-4-13(9-15)16-14(17)8-12-7-10(2)5-6-11(12)3/h5-7,13H,4,8-9H2,1-3H3,(H,16,17). The fraction of sp³-hybridized carbons (Fsp3) is 0.500. The van der Waals surface area contributed by atoms with Crippen LogP contribution in [0.25, 0.3) is 0 Å². The van der Waals surface area contributed by atoms with E-state index in [1.807, 2.05) is 20.8 Å². The summed E-state index contributed by atoms with van der Waals surface area (Å²) >= 11 is 5.76. The molecule has 1 aromatic rings. The van der Waals surface area contributed by atoms with E-state index in [0.29, 0.717) is 12.3 Å². The van der Waals surface area contributed by atoms with Gasteiger partial charge in [-0.15, -0.1) is 11.6 Å². The first-order valence-corrected chi connectivity index (χ1v) is 6.51. The van der Waals surface area contributed by atoms with Gasteiger partial charge in [-0.2, -0.15) is 0 Å². The lowest BCUT2D eigenvalue weighted by Gasteiger charge is -2.14. The number of aryl methyl sites for hydroxylation is 2. The molecule has 0 saturated carbocycles. The Morgan fingerprint density at radius 1 is 1.41 bits per heavy atom. The Morgan fingerprint density at radius 2 is 2.12 bits per heavy atom. The first kappa shape index (κ1) is 14.0. The maximum absolute atomic E-state index is 11.8. The molecule has 17 heavy (non-hydrogen) atoms. The van der Waals surface area contributed by atoms with Gasteiger partial charge < -0.3 is 5.32 Å². The van der Waals surface area contributed by atoms with Crippen LogP contribution in [0.5, 0.6) is 0 Å². The van der Waals surface area contributed by atoms with Gasteiger partial charge in [-0.3, -0.25) is 4.79 Å². The van der Waals surface area contributed by atoms with Gasteiger partial charge in [-0.05, 0) is 31.4 Å². The van der Waals surface area contributed by atoms with Crippen LogP contribution < -0.4 is 5.32 Å². The third kappa shape index (κ3) is 4.39. The lowest BCUT2D eigenvalue weighted by molar-refractivity contribution is -0.121. The smallest absolute Gasteiger partial charge is 0.224 e. The maximum atomic E-state index is 11.8. The maximum Gasteiger partial charge on any atom is 0.224 e. The van der Waals surface area contributed by atoms with E-state index in [2.05, 4.69) is 23.5 Å². The van der Waals surface area contributed by atoms with Crippen LogP contribution in [0.2, 0.25) is 0 Å². The summed E-state index contributed by atoms with van der Waals surface area (Å²) in [5.41, 5.74) is 3.43. The highest BCUT2D eigenvalue weighted by Gasteiger charge is 2.10. The van der Waals surface area contributed by atoms with Crippen molar-refractivity contribution in [3.8, 4) is 0 Å². The molecule has 0 aromatic heterocycles. The fourth-order valence-corrected chi connectivity index (χ4v) is 1.99. The highest BCUT2D eigenvalue weighted by atomic mass is 35.5. The third-order valence-electron chi connectivity index (χ3n) is 2.90. The largest absolute Gasteiger partial charge is 0.352 e. The van der Waals surface area contributed by atoms with Gasteiger partial charge in [-0.25, -0.2) is 0 Å².